The highest BCUT2D eigenvalue weighted by molar-refractivity contribution is 7.98. The summed E-state index contributed by atoms with van der Waals surface area (Å²) in [5, 5.41) is 13.3. The van der Waals surface area contributed by atoms with E-state index in [1.165, 1.54) is 24.0 Å². The van der Waals surface area contributed by atoms with Crippen LogP contribution in [0.1, 0.15) is 30.1 Å². The molecule has 1 aromatic carbocycles. The van der Waals surface area contributed by atoms with Crippen LogP contribution >= 0.6 is 23.1 Å². The maximum Gasteiger partial charge on any atom is 0.228 e. The van der Waals surface area contributed by atoms with Crippen LogP contribution in [0.4, 0.5) is 5.95 Å². The monoisotopic (exact) mass is 413 g/mol. The average Bonchev–Trinajstić information content (AvgIpc) is 3.30. The van der Waals surface area contributed by atoms with Gasteiger partial charge in [-0.3, -0.25) is 4.57 Å². The van der Waals surface area contributed by atoms with E-state index in [0.717, 1.165) is 53.9 Å². The molecule has 0 atom stereocenters. The zero-order chi connectivity index (χ0) is 18.9. The summed E-state index contributed by atoms with van der Waals surface area (Å²) >= 11 is 3.44. The van der Waals surface area contributed by atoms with E-state index in [-0.39, 0.29) is 0 Å². The average molecular weight is 414 g/mol. The molecule has 1 aliphatic carbocycles. The minimum absolute atomic E-state index is 0.550. The minimum Gasteiger partial charge on any atom is -0.378 e. The Morgan fingerprint density at radius 2 is 1.93 bits per heavy atom. The second kappa shape index (κ2) is 7.85. The lowest BCUT2D eigenvalue weighted by Crippen LogP contribution is -2.38. The Labute approximate surface area is 173 Å². The lowest BCUT2D eigenvalue weighted by molar-refractivity contribution is 0.121. The van der Waals surface area contributed by atoms with Gasteiger partial charge in [-0.25, -0.2) is 4.98 Å². The molecule has 28 heavy (non-hydrogen) atoms. The van der Waals surface area contributed by atoms with Gasteiger partial charge in [0.05, 0.1) is 18.9 Å². The summed E-state index contributed by atoms with van der Waals surface area (Å²) in [5.41, 5.74) is 3.55. The number of hydrogen-bond donors (Lipinski definition) is 0. The van der Waals surface area contributed by atoms with Crippen molar-refractivity contribution in [3.05, 3.63) is 40.9 Å². The Balaban J connectivity index is 1.30. The fraction of sp³-hybridized carbons (Fsp3) is 0.450. The van der Waals surface area contributed by atoms with Gasteiger partial charge in [-0.05, 0) is 19.8 Å². The number of aromatic nitrogens is 4. The number of hydrogen-bond acceptors (Lipinski definition) is 7. The van der Waals surface area contributed by atoms with Crippen molar-refractivity contribution in [3.63, 3.8) is 0 Å². The number of thioether (sulfide) groups is 1. The summed E-state index contributed by atoms with van der Waals surface area (Å²) in [5.74, 6) is 1.82. The first-order valence-corrected chi connectivity index (χ1v) is 11.6. The Morgan fingerprint density at radius 1 is 1.14 bits per heavy atom. The molecule has 1 saturated heterocycles. The molecule has 6 nitrogen and oxygen atoms in total. The van der Waals surface area contributed by atoms with Crippen molar-refractivity contribution < 1.29 is 4.74 Å². The van der Waals surface area contributed by atoms with Crippen LogP contribution in [0, 0.1) is 6.92 Å². The number of aryl methyl sites for hydroxylation is 1. The Morgan fingerprint density at radius 3 is 2.68 bits per heavy atom. The number of morpholine rings is 1. The topological polar surface area (TPSA) is 56.1 Å². The van der Waals surface area contributed by atoms with Crippen molar-refractivity contribution in [3.8, 4) is 10.6 Å². The van der Waals surface area contributed by atoms with Gasteiger partial charge in [0.1, 0.15) is 5.01 Å². The van der Waals surface area contributed by atoms with Crippen LogP contribution < -0.4 is 4.90 Å². The lowest BCUT2D eigenvalue weighted by atomic mass is 10.2. The lowest BCUT2D eigenvalue weighted by Gasteiger charge is -2.27. The predicted octanol–water partition coefficient (Wildman–Crippen LogP) is 4.17. The summed E-state index contributed by atoms with van der Waals surface area (Å²) in [6.45, 7) is 5.42. The van der Waals surface area contributed by atoms with Crippen molar-refractivity contribution in [2.24, 2.45) is 0 Å². The van der Waals surface area contributed by atoms with Gasteiger partial charge in [0.2, 0.25) is 5.95 Å². The molecule has 1 aliphatic heterocycles. The maximum absolute atomic E-state index is 5.48. The highest BCUT2D eigenvalue weighted by atomic mass is 32.2. The molecule has 8 heteroatoms. The summed E-state index contributed by atoms with van der Waals surface area (Å²) in [6.07, 6.45) is 2.44. The Kier molecular flexibility index (Phi) is 5.09. The number of ether oxygens (including phenoxy) is 1. The second-order valence-corrected chi connectivity index (χ2v) is 9.08. The zero-order valence-corrected chi connectivity index (χ0v) is 17.5. The Bertz CT molecular complexity index is 942. The van der Waals surface area contributed by atoms with Crippen molar-refractivity contribution in [2.75, 3.05) is 31.2 Å². The first-order chi connectivity index (χ1) is 13.8. The molecule has 0 unspecified atom stereocenters. The molecule has 0 N–H and O–H groups in total. The summed E-state index contributed by atoms with van der Waals surface area (Å²) < 4.78 is 7.82. The molecule has 1 saturated carbocycles. The van der Waals surface area contributed by atoms with Crippen molar-refractivity contribution in [2.45, 2.75) is 36.7 Å². The van der Waals surface area contributed by atoms with Gasteiger partial charge < -0.3 is 9.64 Å². The van der Waals surface area contributed by atoms with Crippen LogP contribution in [0.3, 0.4) is 0 Å². The van der Waals surface area contributed by atoms with Crippen LogP contribution in [0.25, 0.3) is 10.6 Å². The number of thiazole rings is 1. The van der Waals surface area contributed by atoms with Gasteiger partial charge in [-0.15, -0.1) is 21.5 Å². The van der Waals surface area contributed by atoms with E-state index in [0.29, 0.717) is 6.04 Å². The summed E-state index contributed by atoms with van der Waals surface area (Å²) in [6, 6.07) is 9.11. The third-order valence-corrected chi connectivity index (χ3v) is 6.97. The van der Waals surface area contributed by atoms with E-state index in [1.807, 2.05) is 0 Å². The molecule has 2 aromatic heterocycles. The third kappa shape index (κ3) is 3.81. The third-order valence-electron chi connectivity index (χ3n) is 5.05. The van der Waals surface area contributed by atoms with Crippen molar-refractivity contribution in [1.82, 2.24) is 19.7 Å². The molecular weight excluding hydrogens is 390 g/mol. The van der Waals surface area contributed by atoms with E-state index in [1.54, 1.807) is 23.1 Å². The number of benzene rings is 1. The number of nitrogens with zero attached hydrogens (tertiary/aromatic N) is 5. The molecule has 5 rings (SSSR count). The summed E-state index contributed by atoms with van der Waals surface area (Å²) in [4.78, 5) is 7.13. The number of rotatable bonds is 6. The molecule has 2 aliphatic rings. The van der Waals surface area contributed by atoms with Crippen LogP contribution in [0.2, 0.25) is 0 Å². The van der Waals surface area contributed by atoms with Gasteiger partial charge >= 0.3 is 0 Å². The Hall–Kier alpha value is -1.90. The van der Waals surface area contributed by atoms with E-state index in [9.17, 15) is 0 Å². The quantitative estimate of drug-likeness (QED) is 0.565. The SMILES string of the molecule is Cc1ccc(-c2nc(CSc3nnc(N4CCOCC4)n3C3CC3)cs2)cc1. The first-order valence-electron chi connectivity index (χ1n) is 9.70. The van der Waals surface area contributed by atoms with Crippen molar-refractivity contribution >= 4 is 29.0 Å². The fourth-order valence-corrected chi connectivity index (χ4v) is 5.16. The smallest absolute Gasteiger partial charge is 0.228 e. The molecule has 146 valence electrons. The van der Waals surface area contributed by atoms with E-state index in [4.69, 9.17) is 9.72 Å². The van der Waals surface area contributed by atoms with E-state index >= 15 is 0 Å². The van der Waals surface area contributed by atoms with Crippen LogP contribution in [0.15, 0.2) is 34.8 Å². The van der Waals surface area contributed by atoms with Gasteiger partial charge in [-0.2, -0.15) is 0 Å². The molecule has 0 amide bonds. The highest BCUT2D eigenvalue weighted by Crippen LogP contribution is 2.41. The first kappa shape index (κ1) is 18.1. The largest absolute Gasteiger partial charge is 0.378 e. The van der Waals surface area contributed by atoms with E-state index < -0.39 is 0 Å². The van der Waals surface area contributed by atoms with Crippen LogP contribution in [0.5, 0.6) is 0 Å². The highest BCUT2D eigenvalue weighted by Gasteiger charge is 2.32. The summed E-state index contributed by atoms with van der Waals surface area (Å²) in [7, 11) is 0. The normalized spacial score (nSPS) is 17.2. The zero-order valence-electron chi connectivity index (χ0n) is 15.9. The molecular formula is C20H23N5OS2. The van der Waals surface area contributed by atoms with Gasteiger partial charge in [0, 0.05) is 35.8 Å². The molecule has 2 fully saturated rings. The van der Waals surface area contributed by atoms with Crippen LogP contribution in [-0.4, -0.2) is 46.1 Å². The molecule has 3 heterocycles. The standard InChI is InChI=1S/C20H23N5OS2/c1-14-2-4-15(5-3-14)18-21-16(12-27-18)13-28-20-23-22-19(25(20)17-6-7-17)24-8-10-26-11-9-24/h2-5,12,17H,6-11,13H2,1H3. The van der Waals surface area contributed by atoms with Gasteiger partial charge in [0.15, 0.2) is 5.16 Å². The van der Waals surface area contributed by atoms with Gasteiger partial charge in [0.25, 0.3) is 0 Å². The van der Waals surface area contributed by atoms with Crippen LogP contribution in [-0.2, 0) is 10.5 Å². The molecule has 0 spiro atoms. The van der Waals surface area contributed by atoms with E-state index in [2.05, 4.69) is 56.2 Å². The fourth-order valence-electron chi connectivity index (χ4n) is 3.34. The number of anilines is 1. The molecule has 0 radical (unpaired) electrons. The van der Waals surface area contributed by atoms with Gasteiger partial charge in [-0.1, -0.05) is 41.6 Å². The van der Waals surface area contributed by atoms with Crippen molar-refractivity contribution in [1.29, 1.82) is 0 Å². The molecule has 0 bridgehead atoms. The predicted molar refractivity (Wildman–Crippen MR) is 113 cm³/mol. The molecule has 3 aromatic rings. The maximum atomic E-state index is 5.48. The minimum atomic E-state index is 0.550. The second-order valence-electron chi connectivity index (χ2n) is 7.28.